The number of aryl methyl sites for hydroxylation is 1. The van der Waals surface area contributed by atoms with Crippen molar-refractivity contribution in [1.82, 2.24) is 0 Å². The average Bonchev–Trinajstić information content (AvgIpc) is 2.62. The minimum absolute atomic E-state index is 0.264. The van der Waals surface area contributed by atoms with Gasteiger partial charge in [-0.3, -0.25) is 0 Å². The molecule has 0 aliphatic rings. The Morgan fingerprint density at radius 1 is 0.833 bits per heavy atom. The minimum Gasteiger partial charge on any atom is -0.399 e. The Kier molecular flexibility index (Phi) is 4.63. The first-order chi connectivity index (χ1) is 11.7. The molecule has 0 atom stereocenters. The molecule has 3 aromatic rings. The highest BCUT2D eigenvalue weighted by Crippen LogP contribution is 2.20. The summed E-state index contributed by atoms with van der Waals surface area (Å²) in [5.41, 5.74) is 10.9. The van der Waals surface area contributed by atoms with Crippen LogP contribution in [0.3, 0.4) is 0 Å². The molecule has 24 heavy (non-hydrogen) atoms. The number of anilines is 1. The number of hydrogen-bond acceptors (Lipinski definition) is 1. The molecule has 0 saturated carbocycles. The van der Waals surface area contributed by atoms with E-state index in [4.69, 9.17) is 5.73 Å². The molecule has 3 aromatic carbocycles. The number of benzene rings is 3. The standard InChI is InChI=1S/C22H18FN/c1-2-16-3-9-20(22(23)15-16)10-6-17-4-7-18(8-5-17)19-11-13-21(24)14-12-19/h3-5,7-9,11-15H,2,24H2,1H3. The summed E-state index contributed by atoms with van der Waals surface area (Å²) in [5.74, 6) is 5.66. The molecule has 0 fully saturated rings. The first-order valence-electron chi connectivity index (χ1n) is 7.92. The van der Waals surface area contributed by atoms with Gasteiger partial charge in [0.15, 0.2) is 0 Å². The monoisotopic (exact) mass is 315 g/mol. The molecular weight excluding hydrogens is 297 g/mol. The third-order valence-corrected chi connectivity index (χ3v) is 3.91. The molecule has 118 valence electrons. The van der Waals surface area contributed by atoms with Gasteiger partial charge >= 0.3 is 0 Å². The molecule has 0 heterocycles. The van der Waals surface area contributed by atoms with Gasteiger partial charge in [-0.05, 0) is 59.5 Å². The van der Waals surface area contributed by atoms with E-state index in [9.17, 15) is 4.39 Å². The number of halogens is 1. The van der Waals surface area contributed by atoms with Gasteiger partial charge in [-0.1, -0.05) is 49.1 Å². The van der Waals surface area contributed by atoms with Crippen LogP contribution < -0.4 is 5.73 Å². The van der Waals surface area contributed by atoms with E-state index >= 15 is 0 Å². The summed E-state index contributed by atoms with van der Waals surface area (Å²) in [6, 6.07) is 20.8. The molecule has 0 bridgehead atoms. The van der Waals surface area contributed by atoms with Crippen LogP contribution in [0.2, 0.25) is 0 Å². The van der Waals surface area contributed by atoms with Crippen LogP contribution in [-0.4, -0.2) is 0 Å². The molecule has 0 unspecified atom stereocenters. The Labute approximate surface area is 142 Å². The predicted octanol–water partition coefficient (Wildman–Crippen LogP) is 5.04. The Bertz CT molecular complexity index is 897. The molecule has 0 radical (unpaired) electrons. The molecule has 1 nitrogen and oxygen atoms in total. The van der Waals surface area contributed by atoms with Crippen LogP contribution in [0.15, 0.2) is 66.7 Å². The molecule has 3 rings (SSSR count). The van der Waals surface area contributed by atoms with E-state index < -0.39 is 0 Å². The lowest BCUT2D eigenvalue weighted by atomic mass is 10.0. The van der Waals surface area contributed by atoms with Crippen molar-refractivity contribution >= 4 is 5.69 Å². The van der Waals surface area contributed by atoms with Crippen LogP contribution in [-0.2, 0) is 6.42 Å². The zero-order valence-electron chi connectivity index (χ0n) is 13.5. The van der Waals surface area contributed by atoms with E-state index in [1.807, 2.05) is 61.5 Å². The van der Waals surface area contributed by atoms with Crippen molar-refractivity contribution in [2.75, 3.05) is 5.73 Å². The van der Waals surface area contributed by atoms with Gasteiger partial charge in [-0.25, -0.2) is 4.39 Å². The third kappa shape index (κ3) is 3.64. The van der Waals surface area contributed by atoms with Crippen LogP contribution >= 0.6 is 0 Å². The van der Waals surface area contributed by atoms with Crippen molar-refractivity contribution in [2.45, 2.75) is 13.3 Å². The average molecular weight is 315 g/mol. The minimum atomic E-state index is -0.264. The van der Waals surface area contributed by atoms with E-state index in [2.05, 4.69) is 11.8 Å². The van der Waals surface area contributed by atoms with Gasteiger partial charge in [-0.2, -0.15) is 0 Å². The number of nitrogen functional groups attached to an aromatic ring is 1. The maximum absolute atomic E-state index is 13.9. The van der Waals surface area contributed by atoms with E-state index in [1.165, 1.54) is 0 Å². The molecule has 0 amide bonds. The molecular formula is C22H18FN. The Balaban J connectivity index is 1.81. The maximum Gasteiger partial charge on any atom is 0.139 e. The Hall–Kier alpha value is -3.05. The molecule has 2 N–H and O–H groups in total. The third-order valence-electron chi connectivity index (χ3n) is 3.91. The SMILES string of the molecule is CCc1ccc(C#Cc2ccc(-c3ccc(N)cc3)cc2)c(F)c1. The van der Waals surface area contributed by atoms with Gasteiger partial charge in [0.2, 0.25) is 0 Å². The second-order valence-corrected chi connectivity index (χ2v) is 5.62. The first-order valence-corrected chi connectivity index (χ1v) is 7.92. The maximum atomic E-state index is 13.9. The summed E-state index contributed by atoms with van der Waals surface area (Å²) in [6.45, 7) is 2.00. The summed E-state index contributed by atoms with van der Waals surface area (Å²) in [4.78, 5) is 0. The molecule has 0 spiro atoms. The van der Waals surface area contributed by atoms with Crippen LogP contribution in [0.25, 0.3) is 11.1 Å². The van der Waals surface area contributed by atoms with Crippen LogP contribution in [0.1, 0.15) is 23.6 Å². The normalized spacial score (nSPS) is 10.1. The zero-order chi connectivity index (χ0) is 16.9. The van der Waals surface area contributed by atoms with Gasteiger partial charge in [0.05, 0.1) is 5.56 Å². The summed E-state index contributed by atoms with van der Waals surface area (Å²) in [6.07, 6.45) is 0.817. The van der Waals surface area contributed by atoms with Gasteiger partial charge in [-0.15, -0.1) is 0 Å². The first kappa shape index (κ1) is 15.8. The fourth-order valence-corrected chi connectivity index (χ4v) is 2.44. The van der Waals surface area contributed by atoms with E-state index in [-0.39, 0.29) is 5.82 Å². The smallest absolute Gasteiger partial charge is 0.139 e. The largest absolute Gasteiger partial charge is 0.399 e. The van der Waals surface area contributed by atoms with Crippen molar-refractivity contribution in [2.24, 2.45) is 0 Å². The highest BCUT2D eigenvalue weighted by molar-refractivity contribution is 5.66. The molecule has 0 saturated heterocycles. The molecule has 0 aliphatic carbocycles. The number of rotatable bonds is 2. The van der Waals surface area contributed by atoms with Crippen LogP contribution in [0.5, 0.6) is 0 Å². The summed E-state index contributed by atoms with van der Waals surface area (Å²) >= 11 is 0. The Morgan fingerprint density at radius 3 is 2.04 bits per heavy atom. The van der Waals surface area contributed by atoms with Gasteiger partial charge < -0.3 is 5.73 Å². The second-order valence-electron chi connectivity index (χ2n) is 5.62. The van der Waals surface area contributed by atoms with Crippen molar-refractivity contribution in [3.05, 3.63) is 89.2 Å². The van der Waals surface area contributed by atoms with Gasteiger partial charge in [0.25, 0.3) is 0 Å². The summed E-state index contributed by atoms with van der Waals surface area (Å²) < 4.78 is 13.9. The lowest BCUT2D eigenvalue weighted by Crippen LogP contribution is -1.87. The fourth-order valence-electron chi connectivity index (χ4n) is 2.44. The lowest BCUT2D eigenvalue weighted by Gasteiger charge is -2.02. The van der Waals surface area contributed by atoms with E-state index in [1.54, 1.807) is 12.1 Å². The van der Waals surface area contributed by atoms with Crippen molar-refractivity contribution in [3.8, 4) is 23.0 Å². The van der Waals surface area contributed by atoms with Crippen molar-refractivity contribution in [3.63, 3.8) is 0 Å². The van der Waals surface area contributed by atoms with E-state index in [0.29, 0.717) is 5.56 Å². The van der Waals surface area contributed by atoms with Gasteiger partial charge in [0.1, 0.15) is 5.82 Å². The number of hydrogen-bond donors (Lipinski definition) is 1. The Morgan fingerprint density at radius 2 is 1.46 bits per heavy atom. The fraction of sp³-hybridized carbons (Fsp3) is 0.0909. The van der Waals surface area contributed by atoms with Crippen LogP contribution in [0, 0.1) is 17.7 Å². The van der Waals surface area contributed by atoms with E-state index in [0.717, 1.165) is 34.4 Å². The molecule has 0 aliphatic heterocycles. The van der Waals surface area contributed by atoms with Crippen molar-refractivity contribution < 1.29 is 4.39 Å². The number of nitrogens with two attached hydrogens (primary N) is 1. The predicted molar refractivity (Wildman–Crippen MR) is 98.0 cm³/mol. The molecule has 2 heteroatoms. The van der Waals surface area contributed by atoms with Gasteiger partial charge in [0, 0.05) is 11.3 Å². The van der Waals surface area contributed by atoms with Crippen molar-refractivity contribution in [1.29, 1.82) is 0 Å². The highest BCUT2D eigenvalue weighted by Gasteiger charge is 2.00. The summed E-state index contributed by atoms with van der Waals surface area (Å²) in [5, 5.41) is 0. The van der Waals surface area contributed by atoms with Crippen LogP contribution in [0.4, 0.5) is 10.1 Å². The second kappa shape index (κ2) is 7.02. The topological polar surface area (TPSA) is 26.0 Å². The highest BCUT2D eigenvalue weighted by atomic mass is 19.1. The summed E-state index contributed by atoms with van der Waals surface area (Å²) in [7, 11) is 0. The quantitative estimate of drug-likeness (QED) is 0.520. The zero-order valence-corrected chi connectivity index (χ0v) is 13.5. The lowest BCUT2D eigenvalue weighted by molar-refractivity contribution is 0.622. The molecule has 0 aromatic heterocycles.